The van der Waals surface area contributed by atoms with E-state index in [1.165, 1.54) is 0 Å². The average molecular weight is 367 g/mol. The molecule has 0 amide bonds. The van der Waals surface area contributed by atoms with E-state index < -0.39 is 0 Å². The van der Waals surface area contributed by atoms with Gasteiger partial charge < -0.3 is 5.73 Å². The van der Waals surface area contributed by atoms with Crippen LogP contribution in [-0.2, 0) is 0 Å². The molecule has 3 nitrogen and oxygen atoms in total. The van der Waals surface area contributed by atoms with Crippen LogP contribution in [0.4, 0.5) is 5.69 Å². The fraction of sp³-hybridized carbons (Fsp3) is 0. The minimum Gasteiger partial charge on any atom is -0.399 e. The van der Waals surface area contributed by atoms with E-state index in [2.05, 4.69) is 36.8 Å². The summed E-state index contributed by atoms with van der Waals surface area (Å²) in [5.41, 5.74) is 9.44. The standard InChI is InChI=1S/C13H9Br2N3/c14-8-1-3-10(15)13(5-8)18-7-17-11-6-9(16)2-4-12(11)18/h1-7H,16H2. The lowest BCUT2D eigenvalue weighted by Gasteiger charge is -2.07. The molecule has 1 aromatic heterocycles. The second-order valence-electron chi connectivity index (χ2n) is 3.96. The molecule has 0 fully saturated rings. The van der Waals surface area contributed by atoms with E-state index in [1.54, 1.807) is 6.33 Å². The largest absolute Gasteiger partial charge is 0.399 e. The van der Waals surface area contributed by atoms with Crippen LogP contribution in [0.3, 0.4) is 0 Å². The first-order chi connectivity index (χ1) is 8.65. The van der Waals surface area contributed by atoms with Crippen LogP contribution in [0.25, 0.3) is 16.7 Å². The molecular weight excluding hydrogens is 358 g/mol. The molecule has 0 radical (unpaired) electrons. The van der Waals surface area contributed by atoms with Gasteiger partial charge in [-0.3, -0.25) is 4.57 Å². The lowest BCUT2D eigenvalue weighted by molar-refractivity contribution is 1.08. The maximum Gasteiger partial charge on any atom is 0.100 e. The molecule has 0 spiro atoms. The van der Waals surface area contributed by atoms with Crippen LogP contribution in [0.1, 0.15) is 0 Å². The number of imidazole rings is 1. The van der Waals surface area contributed by atoms with E-state index in [1.807, 2.05) is 41.0 Å². The molecule has 3 aromatic rings. The highest BCUT2D eigenvalue weighted by atomic mass is 79.9. The monoisotopic (exact) mass is 365 g/mol. The van der Waals surface area contributed by atoms with Gasteiger partial charge in [0.1, 0.15) is 6.33 Å². The molecule has 0 bridgehead atoms. The SMILES string of the molecule is Nc1ccc2c(c1)ncn2-c1cc(Br)ccc1Br. The zero-order chi connectivity index (χ0) is 12.7. The first kappa shape index (κ1) is 11.7. The molecule has 0 unspecified atom stereocenters. The van der Waals surface area contributed by atoms with Crippen molar-refractivity contribution in [2.45, 2.75) is 0 Å². The highest BCUT2D eigenvalue weighted by molar-refractivity contribution is 9.11. The number of benzene rings is 2. The Balaban J connectivity index is 2.28. The molecule has 0 atom stereocenters. The molecule has 3 rings (SSSR count). The summed E-state index contributed by atoms with van der Waals surface area (Å²) in [7, 11) is 0. The summed E-state index contributed by atoms with van der Waals surface area (Å²) in [5.74, 6) is 0. The summed E-state index contributed by atoms with van der Waals surface area (Å²) in [5, 5.41) is 0. The van der Waals surface area contributed by atoms with Gasteiger partial charge in [-0.2, -0.15) is 0 Å². The van der Waals surface area contributed by atoms with Crippen LogP contribution >= 0.6 is 31.9 Å². The van der Waals surface area contributed by atoms with Gasteiger partial charge in [0.2, 0.25) is 0 Å². The van der Waals surface area contributed by atoms with Crippen molar-refractivity contribution < 1.29 is 0 Å². The predicted octanol–water partition coefficient (Wildman–Crippen LogP) is 4.13. The van der Waals surface area contributed by atoms with E-state index in [-0.39, 0.29) is 0 Å². The molecule has 0 aliphatic carbocycles. The maximum atomic E-state index is 5.76. The number of anilines is 1. The van der Waals surface area contributed by atoms with Crippen molar-refractivity contribution in [3.8, 4) is 5.69 Å². The number of nitrogens with zero attached hydrogens (tertiary/aromatic N) is 2. The second-order valence-corrected chi connectivity index (χ2v) is 5.73. The van der Waals surface area contributed by atoms with Crippen LogP contribution in [0, 0.1) is 0 Å². The number of nitrogen functional groups attached to an aromatic ring is 1. The molecule has 18 heavy (non-hydrogen) atoms. The Morgan fingerprint density at radius 2 is 1.89 bits per heavy atom. The van der Waals surface area contributed by atoms with Crippen molar-refractivity contribution in [3.05, 3.63) is 51.7 Å². The quantitative estimate of drug-likeness (QED) is 0.658. The topological polar surface area (TPSA) is 43.8 Å². The smallest absolute Gasteiger partial charge is 0.100 e. The van der Waals surface area contributed by atoms with E-state index in [4.69, 9.17) is 5.73 Å². The second kappa shape index (κ2) is 4.40. The van der Waals surface area contributed by atoms with E-state index in [0.717, 1.165) is 31.4 Å². The molecule has 0 aliphatic heterocycles. The zero-order valence-corrected chi connectivity index (χ0v) is 12.4. The number of fused-ring (bicyclic) bond motifs is 1. The fourth-order valence-electron chi connectivity index (χ4n) is 1.89. The Kier molecular flexibility index (Phi) is 2.87. The first-order valence-corrected chi connectivity index (χ1v) is 6.92. The van der Waals surface area contributed by atoms with Crippen LogP contribution < -0.4 is 5.73 Å². The number of rotatable bonds is 1. The summed E-state index contributed by atoms with van der Waals surface area (Å²) in [6.45, 7) is 0. The Morgan fingerprint density at radius 1 is 1.06 bits per heavy atom. The highest BCUT2D eigenvalue weighted by Gasteiger charge is 2.08. The van der Waals surface area contributed by atoms with Gasteiger partial charge in [-0.25, -0.2) is 4.98 Å². The number of hydrogen-bond donors (Lipinski definition) is 1. The van der Waals surface area contributed by atoms with E-state index in [0.29, 0.717) is 0 Å². The Morgan fingerprint density at radius 3 is 2.72 bits per heavy atom. The van der Waals surface area contributed by atoms with Crippen LogP contribution in [0.5, 0.6) is 0 Å². The molecular formula is C13H9Br2N3. The lowest BCUT2D eigenvalue weighted by Crippen LogP contribution is -1.93. The summed E-state index contributed by atoms with van der Waals surface area (Å²) < 4.78 is 4.07. The van der Waals surface area contributed by atoms with Gasteiger partial charge >= 0.3 is 0 Å². The van der Waals surface area contributed by atoms with Crippen molar-refractivity contribution in [1.29, 1.82) is 0 Å². The molecule has 90 valence electrons. The average Bonchev–Trinajstić information content (AvgIpc) is 2.75. The van der Waals surface area contributed by atoms with Crippen molar-refractivity contribution in [1.82, 2.24) is 9.55 Å². The van der Waals surface area contributed by atoms with Gasteiger partial charge in [0.15, 0.2) is 0 Å². The minimum absolute atomic E-state index is 0.723. The number of aromatic nitrogens is 2. The van der Waals surface area contributed by atoms with Gasteiger partial charge in [0.25, 0.3) is 0 Å². The van der Waals surface area contributed by atoms with E-state index >= 15 is 0 Å². The summed E-state index contributed by atoms with van der Waals surface area (Å²) in [6, 6.07) is 11.8. The number of halogens is 2. The van der Waals surface area contributed by atoms with Crippen LogP contribution in [0.2, 0.25) is 0 Å². The molecule has 1 heterocycles. The molecule has 0 saturated carbocycles. The predicted molar refractivity (Wildman–Crippen MR) is 80.9 cm³/mol. The third-order valence-electron chi connectivity index (χ3n) is 2.74. The molecule has 2 N–H and O–H groups in total. The molecule has 2 aromatic carbocycles. The summed E-state index contributed by atoms with van der Waals surface area (Å²) in [6.07, 6.45) is 1.80. The summed E-state index contributed by atoms with van der Waals surface area (Å²) >= 11 is 7.04. The van der Waals surface area contributed by atoms with Crippen LogP contribution in [0.15, 0.2) is 51.7 Å². The number of nitrogens with two attached hydrogens (primary N) is 1. The van der Waals surface area contributed by atoms with Gasteiger partial charge in [-0.15, -0.1) is 0 Å². The fourth-order valence-corrected chi connectivity index (χ4v) is 2.68. The minimum atomic E-state index is 0.723. The van der Waals surface area contributed by atoms with Crippen molar-refractivity contribution >= 4 is 48.6 Å². The van der Waals surface area contributed by atoms with E-state index in [9.17, 15) is 0 Å². The van der Waals surface area contributed by atoms with Gasteiger partial charge in [0.05, 0.1) is 16.7 Å². The first-order valence-electron chi connectivity index (χ1n) is 5.33. The van der Waals surface area contributed by atoms with Gasteiger partial charge in [-0.1, -0.05) is 15.9 Å². The van der Waals surface area contributed by atoms with Crippen molar-refractivity contribution in [2.75, 3.05) is 5.73 Å². The van der Waals surface area contributed by atoms with Crippen LogP contribution in [-0.4, -0.2) is 9.55 Å². The molecule has 0 aliphatic rings. The van der Waals surface area contributed by atoms with Crippen molar-refractivity contribution in [2.24, 2.45) is 0 Å². The lowest BCUT2D eigenvalue weighted by atomic mass is 10.2. The van der Waals surface area contributed by atoms with Gasteiger partial charge in [-0.05, 0) is 52.3 Å². The van der Waals surface area contributed by atoms with Gasteiger partial charge in [0, 0.05) is 14.6 Å². The molecule has 0 saturated heterocycles. The molecule has 5 heteroatoms. The Bertz CT molecular complexity index is 734. The zero-order valence-electron chi connectivity index (χ0n) is 9.27. The highest BCUT2D eigenvalue weighted by Crippen LogP contribution is 2.28. The normalized spacial score (nSPS) is 11.0. The third kappa shape index (κ3) is 1.93. The summed E-state index contributed by atoms with van der Waals surface area (Å²) in [4.78, 5) is 4.37. The third-order valence-corrected chi connectivity index (χ3v) is 3.90. The maximum absolute atomic E-state index is 5.76. The number of hydrogen-bond acceptors (Lipinski definition) is 2. The Labute approximate surface area is 121 Å². The van der Waals surface area contributed by atoms with Crippen molar-refractivity contribution in [3.63, 3.8) is 0 Å². The Hall–Kier alpha value is -1.33.